The van der Waals surface area contributed by atoms with Crippen molar-refractivity contribution >= 4 is 5.91 Å². The van der Waals surface area contributed by atoms with E-state index < -0.39 is 0 Å². The van der Waals surface area contributed by atoms with E-state index in [1.54, 1.807) is 0 Å². The van der Waals surface area contributed by atoms with E-state index in [-0.39, 0.29) is 11.4 Å². The Balaban J connectivity index is 1.68. The molecule has 1 amide bonds. The summed E-state index contributed by atoms with van der Waals surface area (Å²) in [5, 5.41) is 13.4. The van der Waals surface area contributed by atoms with E-state index >= 15 is 0 Å². The quantitative estimate of drug-likeness (QED) is 0.674. The SMILES string of the molecule is CNC1(CC(=O)NCCCc2cn[nH]c2C)CCCCC1. The van der Waals surface area contributed by atoms with Gasteiger partial charge in [-0.15, -0.1) is 0 Å². The monoisotopic (exact) mass is 292 g/mol. The van der Waals surface area contributed by atoms with Crippen molar-refractivity contribution in [2.24, 2.45) is 0 Å². The van der Waals surface area contributed by atoms with Crippen molar-refractivity contribution in [1.82, 2.24) is 20.8 Å². The summed E-state index contributed by atoms with van der Waals surface area (Å²) in [6.45, 7) is 2.77. The fraction of sp³-hybridized carbons (Fsp3) is 0.750. The van der Waals surface area contributed by atoms with Gasteiger partial charge in [0.25, 0.3) is 0 Å². The van der Waals surface area contributed by atoms with Crippen LogP contribution >= 0.6 is 0 Å². The molecule has 1 heterocycles. The summed E-state index contributed by atoms with van der Waals surface area (Å²) in [4.78, 5) is 12.1. The van der Waals surface area contributed by atoms with Crippen molar-refractivity contribution in [3.8, 4) is 0 Å². The third kappa shape index (κ3) is 4.56. The standard InChI is InChI=1S/C16H28N4O/c1-13-14(12-19-20-13)7-6-10-18-15(21)11-16(17-2)8-4-3-5-9-16/h12,17H,3-11H2,1-2H3,(H,18,21)(H,19,20). The van der Waals surface area contributed by atoms with E-state index in [2.05, 4.69) is 20.8 Å². The molecule has 0 radical (unpaired) electrons. The maximum Gasteiger partial charge on any atom is 0.221 e. The number of amides is 1. The van der Waals surface area contributed by atoms with Crippen LogP contribution in [0.5, 0.6) is 0 Å². The fourth-order valence-electron chi connectivity index (χ4n) is 3.25. The molecule has 118 valence electrons. The first kappa shape index (κ1) is 16.0. The van der Waals surface area contributed by atoms with E-state index in [0.717, 1.165) is 37.9 Å². The first-order chi connectivity index (χ1) is 10.2. The smallest absolute Gasteiger partial charge is 0.221 e. The average molecular weight is 292 g/mol. The molecule has 1 aromatic heterocycles. The molecular weight excluding hydrogens is 264 g/mol. The second-order valence-electron chi connectivity index (χ2n) is 6.24. The van der Waals surface area contributed by atoms with Gasteiger partial charge in [0.05, 0.1) is 6.20 Å². The van der Waals surface area contributed by atoms with Gasteiger partial charge < -0.3 is 10.6 Å². The second-order valence-corrected chi connectivity index (χ2v) is 6.24. The first-order valence-electron chi connectivity index (χ1n) is 8.10. The molecule has 5 heteroatoms. The number of H-pyrrole nitrogens is 1. The molecule has 1 aliphatic carbocycles. The average Bonchev–Trinajstić information content (AvgIpc) is 2.90. The molecule has 1 fully saturated rings. The van der Waals surface area contributed by atoms with E-state index in [4.69, 9.17) is 0 Å². The normalized spacial score (nSPS) is 17.6. The number of carbonyl (C=O) groups is 1. The third-order valence-electron chi connectivity index (χ3n) is 4.72. The van der Waals surface area contributed by atoms with Crippen LogP contribution in [0.15, 0.2) is 6.20 Å². The summed E-state index contributed by atoms with van der Waals surface area (Å²) in [6.07, 6.45) is 10.4. The maximum atomic E-state index is 12.1. The number of nitrogens with one attached hydrogen (secondary N) is 3. The lowest BCUT2D eigenvalue weighted by atomic mass is 9.79. The van der Waals surface area contributed by atoms with Gasteiger partial charge in [-0.1, -0.05) is 19.3 Å². The molecule has 3 N–H and O–H groups in total. The van der Waals surface area contributed by atoms with Gasteiger partial charge in [0, 0.05) is 24.2 Å². The minimum Gasteiger partial charge on any atom is -0.356 e. The highest BCUT2D eigenvalue weighted by Gasteiger charge is 2.32. The van der Waals surface area contributed by atoms with Gasteiger partial charge in [-0.25, -0.2) is 0 Å². The van der Waals surface area contributed by atoms with Gasteiger partial charge in [0.15, 0.2) is 0 Å². The van der Waals surface area contributed by atoms with Crippen LogP contribution in [-0.2, 0) is 11.2 Å². The molecule has 0 aliphatic heterocycles. The van der Waals surface area contributed by atoms with Crippen LogP contribution in [0.25, 0.3) is 0 Å². The van der Waals surface area contributed by atoms with Crippen LogP contribution < -0.4 is 10.6 Å². The fourth-order valence-corrected chi connectivity index (χ4v) is 3.25. The molecule has 0 aromatic carbocycles. The molecule has 1 saturated carbocycles. The lowest BCUT2D eigenvalue weighted by Crippen LogP contribution is -2.48. The number of carbonyl (C=O) groups excluding carboxylic acids is 1. The third-order valence-corrected chi connectivity index (χ3v) is 4.72. The molecule has 2 rings (SSSR count). The molecule has 5 nitrogen and oxygen atoms in total. The number of rotatable bonds is 7. The minimum absolute atomic E-state index is 0.0312. The van der Waals surface area contributed by atoms with E-state index in [0.29, 0.717) is 6.42 Å². The van der Waals surface area contributed by atoms with Crippen LogP contribution in [0.1, 0.15) is 56.2 Å². The molecule has 0 spiro atoms. The molecule has 0 bridgehead atoms. The zero-order valence-corrected chi connectivity index (χ0v) is 13.3. The molecular formula is C16H28N4O. The van der Waals surface area contributed by atoms with E-state index in [1.165, 1.54) is 24.8 Å². The van der Waals surface area contributed by atoms with Gasteiger partial charge in [0.2, 0.25) is 5.91 Å². The van der Waals surface area contributed by atoms with E-state index in [9.17, 15) is 4.79 Å². The number of aromatic amines is 1. The summed E-state index contributed by atoms with van der Waals surface area (Å²) in [7, 11) is 1.99. The van der Waals surface area contributed by atoms with Crippen molar-refractivity contribution in [2.45, 2.75) is 63.8 Å². The Bertz CT molecular complexity index is 449. The summed E-state index contributed by atoms with van der Waals surface area (Å²) >= 11 is 0. The van der Waals surface area contributed by atoms with Crippen molar-refractivity contribution in [1.29, 1.82) is 0 Å². The van der Waals surface area contributed by atoms with Crippen molar-refractivity contribution in [3.05, 3.63) is 17.5 Å². The molecule has 21 heavy (non-hydrogen) atoms. The van der Waals surface area contributed by atoms with Crippen molar-refractivity contribution < 1.29 is 4.79 Å². The van der Waals surface area contributed by atoms with Crippen LogP contribution in [0.4, 0.5) is 0 Å². The topological polar surface area (TPSA) is 69.8 Å². The van der Waals surface area contributed by atoms with Crippen LogP contribution in [0.2, 0.25) is 0 Å². The maximum absolute atomic E-state index is 12.1. The van der Waals surface area contributed by atoms with Crippen molar-refractivity contribution in [2.75, 3.05) is 13.6 Å². The molecule has 1 aromatic rings. The lowest BCUT2D eigenvalue weighted by molar-refractivity contribution is -0.122. The minimum atomic E-state index is 0.0312. The number of hydrogen-bond acceptors (Lipinski definition) is 3. The summed E-state index contributed by atoms with van der Waals surface area (Å²) < 4.78 is 0. The Labute approximate surface area is 127 Å². The highest BCUT2D eigenvalue weighted by atomic mass is 16.1. The Morgan fingerprint density at radius 3 is 2.76 bits per heavy atom. The Morgan fingerprint density at radius 1 is 1.38 bits per heavy atom. The predicted octanol–water partition coefficient (Wildman–Crippen LogP) is 2.08. The number of hydrogen-bond donors (Lipinski definition) is 3. The summed E-state index contributed by atoms with van der Waals surface area (Å²) in [5.41, 5.74) is 2.39. The van der Waals surface area contributed by atoms with Crippen LogP contribution in [0.3, 0.4) is 0 Å². The molecule has 0 unspecified atom stereocenters. The largest absolute Gasteiger partial charge is 0.356 e. The highest BCUT2D eigenvalue weighted by Crippen LogP contribution is 2.30. The summed E-state index contributed by atoms with van der Waals surface area (Å²) in [6, 6.07) is 0. The van der Waals surface area contributed by atoms with Gasteiger partial charge in [-0.3, -0.25) is 9.89 Å². The number of nitrogens with zero attached hydrogens (tertiary/aromatic N) is 1. The first-order valence-corrected chi connectivity index (χ1v) is 8.10. The van der Waals surface area contributed by atoms with Gasteiger partial charge in [0.1, 0.15) is 0 Å². The number of aromatic nitrogens is 2. The highest BCUT2D eigenvalue weighted by molar-refractivity contribution is 5.77. The lowest BCUT2D eigenvalue weighted by Gasteiger charge is -2.36. The van der Waals surface area contributed by atoms with Gasteiger partial charge >= 0.3 is 0 Å². The van der Waals surface area contributed by atoms with Crippen molar-refractivity contribution in [3.63, 3.8) is 0 Å². The second kappa shape index (κ2) is 7.59. The number of aryl methyl sites for hydroxylation is 2. The molecule has 1 aliphatic rings. The Hall–Kier alpha value is -1.36. The van der Waals surface area contributed by atoms with Gasteiger partial charge in [-0.05, 0) is 45.2 Å². The molecule has 0 saturated heterocycles. The van der Waals surface area contributed by atoms with Crippen LogP contribution in [-0.4, -0.2) is 35.2 Å². The van der Waals surface area contributed by atoms with Gasteiger partial charge in [-0.2, -0.15) is 5.10 Å². The predicted molar refractivity (Wildman–Crippen MR) is 84.1 cm³/mol. The Kier molecular flexibility index (Phi) is 5.79. The zero-order chi connectivity index (χ0) is 15.1. The zero-order valence-electron chi connectivity index (χ0n) is 13.3. The molecule has 0 atom stereocenters. The van der Waals surface area contributed by atoms with E-state index in [1.807, 2.05) is 20.2 Å². The Morgan fingerprint density at radius 2 is 2.14 bits per heavy atom. The summed E-state index contributed by atoms with van der Waals surface area (Å²) in [5.74, 6) is 0.176. The van der Waals surface area contributed by atoms with Crippen LogP contribution in [0, 0.1) is 6.92 Å².